The van der Waals surface area contributed by atoms with Crippen LogP contribution in [-0.2, 0) is 0 Å². The molecule has 0 amide bonds. The Kier molecular flexibility index (Phi) is 18.2. The summed E-state index contributed by atoms with van der Waals surface area (Å²) in [7, 11) is 0. The molecule has 1 atom stereocenters. The molecule has 1 unspecified atom stereocenters. The van der Waals surface area contributed by atoms with Crippen LogP contribution in [0, 0.1) is 0 Å². The van der Waals surface area contributed by atoms with E-state index in [0.717, 1.165) is 5.88 Å². The summed E-state index contributed by atoms with van der Waals surface area (Å²) in [5.74, 6) is 0.823. The van der Waals surface area contributed by atoms with Crippen LogP contribution in [0.2, 0.25) is 0 Å². The van der Waals surface area contributed by atoms with Gasteiger partial charge in [0.05, 0.1) is 32.1 Å². The summed E-state index contributed by atoms with van der Waals surface area (Å²) in [6.45, 7) is 12.1. The van der Waals surface area contributed by atoms with E-state index in [1.54, 1.807) is 0 Å². The Morgan fingerprint density at radius 3 is 1.55 bits per heavy atom. The first-order chi connectivity index (χ1) is 9.24. The van der Waals surface area contributed by atoms with Crippen molar-refractivity contribution in [3.05, 3.63) is 0 Å². The predicted molar refractivity (Wildman–Crippen MR) is 89.0 cm³/mol. The maximum Gasteiger partial charge on any atom is 0.0924 e. The van der Waals surface area contributed by atoms with Crippen LogP contribution in [0.25, 0.3) is 0 Å². The maximum atomic E-state index is 6.10. The summed E-state index contributed by atoms with van der Waals surface area (Å²) in [6, 6.07) is 0. The summed E-state index contributed by atoms with van der Waals surface area (Å²) in [4.78, 5) is 0. The Bertz CT molecular complexity index is 188. The smallest absolute Gasteiger partial charge is 0.0924 e. The van der Waals surface area contributed by atoms with Crippen LogP contribution < -0.4 is 12.4 Å². The van der Waals surface area contributed by atoms with E-state index >= 15 is 0 Å². The standard InChI is InChI=1S/C17H37ClN.ClH/c1-4-7-10-12-16-19(17-13-18,14-9-6-3)15-11-8-5-2;/h4-17H2,1-3H3;1H/q+1;/p-1. The van der Waals surface area contributed by atoms with Crippen molar-refractivity contribution >= 4 is 11.6 Å². The summed E-state index contributed by atoms with van der Waals surface area (Å²) in [5.41, 5.74) is 0. The van der Waals surface area contributed by atoms with E-state index in [2.05, 4.69) is 20.8 Å². The van der Waals surface area contributed by atoms with Gasteiger partial charge < -0.3 is 16.9 Å². The second-order valence-corrected chi connectivity index (χ2v) is 6.42. The Labute approximate surface area is 139 Å². The molecular weight excluding hydrogens is 289 g/mol. The van der Waals surface area contributed by atoms with Crippen molar-refractivity contribution in [3.63, 3.8) is 0 Å². The number of alkyl halides is 1. The molecule has 1 nitrogen and oxygen atoms in total. The number of hydrogen-bond acceptors (Lipinski definition) is 0. The lowest BCUT2D eigenvalue weighted by atomic mass is 10.1. The van der Waals surface area contributed by atoms with Crippen molar-refractivity contribution in [1.29, 1.82) is 0 Å². The molecule has 0 radical (unpaired) electrons. The van der Waals surface area contributed by atoms with Crippen molar-refractivity contribution in [2.45, 2.75) is 78.6 Å². The number of rotatable bonds is 14. The topological polar surface area (TPSA) is 0 Å². The van der Waals surface area contributed by atoms with Gasteiger partial charge in [-0.15, -0.1) is 11.6 Å². The van der Waals surface area contributed by atoms with Gasteiger partial charge in [-0.2, -0.15) is 0 Å². The van der Waals surface area contributed by atoms with Crippen LogP contribution in [0.5, 0.6) is 0 Å². The Balaban J connectivity index is 0. The zero-order valence-corrected chi connectivity index (χ0v) is 15.6. The van der Waals surface area contributed by atoms with Crippen molar-refractivity contribution in [2.24, 2.45) is 0 Å². The summed E-state index contributed by atoms with van der Waals surface area (Å²) < 4.78 is 1.29. The first-order valence-corrected chi connectivity index (χ1v) is 9.19. The SMILES string of the molecule is CCCCCC[N+](CCCl)(CCCC)CCCCC.[Cl-]. The third-order valence-corrected chi connectivity index (χ3v) is 4.44. The van der Waals surface area contributed by atoms with Gasteiger partial charge in [-0.25, -0.2) is 0 Å². The fourth-order valence-electron chi connectivity index (χ4n) is 2.91. The Hall–Kier alpha value is 0.540. The lowest BCUT2D eigenvalue weighted by molar-refractivity contribution is -0.926. The van der Waals surface area contributed by atoms with Crippen molar-refractivity contribution in [1.82, 2.24) is 0 Å². The second kappa shape index (κ2) is 15.9. The fraction of sp³-hybridized carbons (Fsp3) is 1.00. The Morgan fingerprint density at radius 1 is 0.600 bits per heavy atom. The zero-order chi connectivity index (χ0) is 14.4. The molecule has 0 spiro atoms. The van der Waals surface area contributed by atoms with Crippen LogP contribution in [0.1, 0.15) is 78.6 Å². The first kappa shape index (κ1) is 22.8. The summed E-state index contributed by atoms with van der Waals surface area (Å²) >= 11 is 6.10. The molecule has 0 aromatic rings. The van der Waals surface area contributed by atoms with E-state index in [4.69, 9.17) is 11.6 Å². The maximum absolute atomic E-state index is 6.10. The highest BCUT2D eigenvalue weighted by Crippen LogP contribution is 2.16. The van der Waals surface area contributed by atoms with Gasteiger partial charge in [0.2, 0.25) is 0 Å². The normalized spacial score (nSPS) is 13.8. The molecule has 0 bridgehead atoms. The molecule has 0 aromatic heterocycles. The van der Waals surface area contributed by atoms with Crippen molar-refractivity contribution in [3.8, 4) is 0 Å². The van der Waals surface area contributed by atoms with Crippen molar-refractivity contribution in [2.75, 3.05) is 32.1 Å². The highest BCUT2D eigenvalue weighted by molar-refractivity contribution is 6.17. The predicted octanol–water partition coefficient (Wildman–Crippen LogP) is 2.62. The summed E-state index contributed by atoms with van der Waals surface area (Å²) in [5, 5.41) is 0. The molecule has 0 aliphatic heterocycles. The highest BCUT2D eigenvalue weighted by atomic mass is 35.5. The first-order valence-electron chi connectivity index (χ1n) is 8.65. The second-order valence-electron chi connectivity index (χ2n) is 6.05. The molecule has 3 heteroatoms. The molecule has 0 saturated heterocycles. The molecule has 0 rings (SSSR count). The molecule has 0 saturated carbocycles. The molecule has 20 heavy (non-hydrogen) atoms. The average Bonchev–Trinajstić information content (AvgIpc) is 2.42. The zero-order valence-electron chi connectivity index (χ0n) is 14.1. The van der Waals surface area contributed by atoms with Crippen LogP contribution >= 0.6 is 11.6 Å². The number of nitrogens with zero attached hydrogens (tertiary/aromatic N) is 1. The monoisotopic (exact) mass is 325 g/mol. The lowest BCUT2D eigenvalue weighted by Gasteiger charge is -2.39. The van der Waals surface area contributed by atoms with Crippen LogP contribution in [0.4, 0.5) is 0 Å². The van der Waals surface area contributed by atoms with Gasteiger partial charge in [-0.1, -0.05) is 46.5 Å². The van der Waals surface area contributed by atoms with E-state index in [-0.39, 0.29) is 12.4 Å². The minimum atomic E-state index is 0. The van der Waals surface area contributed by atoms with E-state index in [0.29, 0.717) is 0 Å². The lowest BCUT2D eigenvalue weighted by Crippen LogP contribution is -3.00. The van der Waals surface area contributed by atoms with Gasteiger partial charge in [0.15, 0.2) is 0 Å². The van der Waals surface area contributed by atoms with Gasteiger partial charge in [-0.05, 0) is 32.1 Å². The van der Waals surface area contributed by atoms with E-state index < -0.39 is 0 Å². The molecular formula is C17H37Cl2N. The van der Waals surface area contributed by atoms with Gasteiger partial charge in [0.1, 0.15) is 0 Å². The number of quaternary nitrogens is 1. The fourth-order valence-corrected chi connectivity index (χ4v) is 3.27. The highest BCUT2D eigenvalue weighted by Gasteiger charge is 2.25. The minimum absolute atomic E-state index is 0. The third kappa shape index (κ3) is 11.2. The molecule has 0 aliphatic carbocycles. The molecule has 0 aliphatic rings. The van der Waals surface area contributed by atoms with Crippen LogP contribution in [0.3, 0.4) is 0 Å². The molecule has 0 N–H and O–H groups in total. The quantitative estimate of drug-likeness (QED) is 0.261. The van der Waals surface area contributed by atoms with Gasteiger partial charge in [0.25, 0.3) is 0 Å². The number of unbranched alkanes of at least 4 members (excludes halogenated alkanes) is 6. The van der Waals surface area contributed by atoms with Gasteiger partial charge in [-0.3, -0.25) is 0 Å². The average molecular weight is 326 g/mol. The minimum Gasteiger partial charge on any atom is -1.00 e. The van der Waals surface area contributed by atoms with E-state index in [1.807, 2.05) is 0 Å². The molecule has 124 valence electrons. The third-order valence-electron chi connectivity index (χ3n) is 4.27. The number of hydrogen-bond donors (Lipinski definition) is 0. The Morgan fingerprint density at radius 2 is 1.05 bits per heavy atom. The van der Waals surface area contributed by atoms with Crippen LogP contribution in [0.15, 0.2) is 0 Å². The summed E-state index contributed by atoms with van der Waals surface area (Å²) in [6.07, 6.45) is 12.3. The van der Waals surface area contributed by atoms with E-state index in [9.17, 15) is 0 Å². The van der Waals surface area contributed by atoms with Crippen molar-refractivity contribution < 1.29 is 16.9 Å². The number of halogens is 2. The van der Waals surface area contributed by atoms with Gasteiger partial charge in [0, 0.05) is 0 Å². The molecule has 0 fully saturated rings. The largest absolute Gasteiger partial charge is 1.00 e. The van der Waals surface area contributed by atoms with E-state index in [1.165, 1.54) is 88.4 Å². The molecule has 0 heterocycles. The molecule has 0 aromatic carbocycles. The van der Waals surface area contributed by atoms with Crippen LogP contribution in [-0.4, -0.2) is 36.5 Å². The van der Waals surface area contributed by atoms with Gasteiger partial charge >= 0.3 is 0 Å².